The number of alkyl halides is 1. The van der Waals surface area contributed by atoms with E-state index in [1.807, 2.05) is 18.2 Å². The first-order chi connectivity index (χ1) is 6.22. The van der Waals surface area contributed by atoms with E-state index in [1.54, 1.807) is 6.07 Å². The van der Waals surface area contributed by atoms with E-state index in [0.29, 0.717) is 5.52 Å². The van der Waals surface area contributed by atoms with Gasteiger partial charge >= 0.3 is 0 Å². The summed E-state index contributed by atoms with van der Waals surface area (Å²) in [5, 5.41) is 2.67. The third-order valence-corrected chi connectivity index (χ3v) is 1.60. The number of hydrogen-bond acceptors (Lipinski definition) is 2. The van der Waals surface area contributed by atoms with E-state index < -0.39 is 0 Å². The summed E-state index contributed by atoms with van der Waals surface area (Å²) in [4.78, 5) is 10.7. The van der Waals surface area contributed by atoms with Crippen molar-refractivity contribution in [2.75, 3.05) is 10.8 Å². The van der Waals surface area contributed by atoms with E-state index in [9.17, 15) is 4.79 Å². The molecule has 0 bridgehead atoms. The molecule has 0 fully saturated rings. The van der Waals surface area contributed by atoms with Crippen molar-refractivity contribution in [3.63, 3.8) is 0 Å². The molecule has 1 aromatic rings. The summed E-state index contributed by atoms with van der Waals surface area (Å²) in [7, 11) is 0. The minimum Gasteiger partial charge on any atom is -0.482 e. The second kappa shape index (κ2) is 4.87. The summed E-state index contributed by atoms with van der Waals surface area (Å²) in [5.74, 6) is 0.638. The molecule has 4 heteroatoms. The summed E-state index contributed by atoms with van der Waals surface area (Å²) in [6, 6.07) is 7.22. The number of nitrogens with one attached hydrogen (secondary N) is 1. The minimum atomic E-state index is -0.0870. The zero-order chi connectivity index (χ0) is 9.68. The van der Waals surface area contributed by atoms with Gasteiger partial charge in [-0.25, -0.2) is 0 Å². The molecule has 0 aliphatic rings. The van der Waals surface area contributed by atoms with Crippen LogP contribution < -0.4 is 10.1 Å². The highest BCUT2D eigenvalue weighted by Gasteiger charge is 1.97. The fourth-order valence-corrected chi connectivity index (χ4v) is 1.19. The Balaban J connectivity index is 2.73. The van der Waals surface area contributed by atoms with Gasteiger partial charge in [-0.3, -0.25) is 4.79 Å². The molecule has 0 atom stereocenters. The summed E-state index contributed by atoms with van der Waals surface area (Å²) in [6.45, 7) is 1.47. The van der Waals surface area contributed by atoms with Gasteiger partial charge in [-0.2, -0.15) is 0 Å². The molecule has 70 valence electrons. The van der Waals surface area contributed by atoms with Gasteiger partial charge in [0.2, 0.25) is 5.91 Å². The highest BCUT2D eigenvalue weighted by atomic mass is 79.9. The van der Waals surface area contributed by atoms with Crippen LogP contribution in [0.3, 0.4) is 0 Å². The van der Waals surface area contributed by atoms with Crippen LogP contribution in [0.1, 0.15) is 6.92 Å². The Kier molecular flexibility index (Phi) is 3.76. The molecule has 0 aromatic heterocycles. The predicted octanol–water partition coefficient (Wildman–Crippen LogP) is 2.38. The molecule has 1 N–H and O–H groups in total. The second-order valence-corrected chi connectivity index (χ2v) is 2.92. The maximum Gasteiger partial charge on any atom is 0.221 e. The van der Waals surface area contributed by atoms with Crippen LogP contribution in [0.4, 0.5) is 5.69 Å². The molecule has 3 nitrogen and oxygen atoms in total. The fourth-order valence-electron chi connectivity index (χ4n) is 0.930. The zero-order valence-corrected chi connectivity index (χ0v) is 8.80. The van der Waals surface area contributed by atoms with Crippen molar-refractivity contribution in [1.82, 2.24) is 0 Å². The molecular weight excluding hydrogens is 234 g/mol. The number of halogens is 1. The normalized spacial score (nSPS) is 9.38. The number of amides is 1. The Hall–Kier alpha value is -1.03. The number of hydrogen-bond donors (Lipinski definition) is 1. The molecule has 1 amide bonds. The largest absolute Gasteiger partial charge is 0.482 e. The van der Waals surface area contributed by atoms with Crippen molar-refractivity contribution < 1.29 is 9.53 Å². The Morgan fingerprint density at radius 3 is 3.00 bits per heavy atom. The Labute approximate surface area is 85.2 Å². The zero-order valence-electron chi connectivity index (χ0n) is 7.21. The molecule has 0 saturated carbocycles. The van der Waals surface area contributed by atoms with Crippen LogP contribution in [0.2, 0.25) is 0 Å². The number of anilines is 1. The number of benzene rings is 1. The molecular formula is C9H10BrNO2. The van der Waals surface area contributed by atoms with E-state index in [1.165, 1.54) is 6.92 Å². The third kappa shape index (κ3) is 3.46. The molecule has 13 heavy (non-hydrogen) atoms. The topological polar surface area (TPSA) is 38.3 Å². The predicted molar refractivity (Wildman–Crippen MR) is 55.2 cm³/mol. The van der Waals surface area contributed by atoms with Gasteiger partial charge in [0.1, 0.15) is 11.3 Å². The molecule has 0 spiro atoms. The Morgan fingerprint density at radius 1 is 1.62 bits per heavy atom. The van der Waals surface area contributed by atoms with Crippen molar-refractivity contribution in [3.8, 4) is 5.75 Å². The van der Waals surface area contributed by atoms with E-state index in [0.717, 1.165) is 11.4 Å². The maximum absolute atomic E-state index is 10.7. The summed E-state index contributed by atoms with van der Waals surface area (Å²) in [5.41, 5.74) is 1.18. The first kappa shape index (κ1) is 10.1. The number of ether oxygens (including phenoxy) is 1. The van der Waals surface area contributed by atoms with Crippen molar-refractivity contribution in [1.29, 1.82) is 0 Å². The average molecular weight is 244 g/mol. The smallest absolute Gasteiger partial charge is 0.221 e. The molecule has 0 aliphatic carbocycles. The quantitative estimate of drug-likeness (QED) is 0.829. The van der Waals surface area contributed by atoms with Crippen LogP contribution in [0.25, 0.3) is 0 Å². The van der Waals surface area contributed by atoms with Crippen LogP contribution >= 0.6 is 15.9 Å². The van der Waals surface area contributed by atoms with Gasteiger partial charge in [0, 0.05) is 18.7 Å². The van der Waals surface area contributed by atoms with Crippen molar-refractivity contribution in [2.24, 2.45) is 0 Å². The minimum absolute atomic E-state index is 0.0870. The van der Waals surface area contributed by atoms with Gasteiger partial charge in [0.05, 0.1) is 0 Å². The lowest BCUT2D eigenvalue weighted by Gasteiger charge is -2.05. The van der Waals surface area contributed by atoms with Crippen LogP contribution in [0.15, 0.2) is 24.3 Å². The van der Waals surface area contributed by atoms with Gasteiger partial charge in [-0.1, -0.05) is 6.07 Å². The number of rotatable bonds is 3. The van der Waals surface area contributed by atoms with Crippen LogP contribution in [0.5, 0.6) is 5.75 Å². The summed E-state index contributed by atoms with van der Waals surface area (Å²) in [6.07, 6.45) is 0. The fraction of sp³-hybridized carbons (Fsp3) is 0.222. The number of carbonyl (C=O) groups excluding carboxylic acids is 1. The summed E-state index contributed by atoms with van der Waals surface area (Å²) >= 11 is 3.15. The highest BCUT2D eigenvalue weighted by Crippen LogP contribution is 2.17. The lowest BCUT2D eigenvalue weighted by atomic mass is 10.3. The second-order valence-electron chi connectivity index (χ2n) is 2.46. The maximum atomic E-state index is 10.7. The van der Waals surface area contributed by atoms with Crippen molar-refractivity contribution in [2.45, 2.75) is 6.92 Å². The SMILES string of the molecule is CC(=O)Nc1cccc(OCBr)c1. The molecule has 0 aliphatic heterocycles. The molecule has 0 radical (unpaired) electrons. The first-order valence-corrected chi connectivity index (χ1v) is 4.91. The van der Waals surface area contributed by atoms with Crippen molar-refractivity contribution >= 4 is 27.5 Å². The summed E-state index contributed by atoms with van der Waals surface area (Å²) < 4.78 is 5.19. The molecule has 0 saturated heterocycles. The molecule has 1 rings (SSSR count). The highest BCUT2D eigenvalue weighted by molar-refractivity contribution is 9.09. The van der Waals surface area contributed by atoms with Crippen LogP contribution in [0, 0.1) is 0 Å². The van der Waals surface area contributed by atoms with E-state index in [4.69, 9.17) is 4.74 Å². The standard InChI is InChI=1S/C9H10BrNO2/c1-7(12)11-8-3-2-4-9(5-8)13-6-10/h2-5H,6H2,1H3,(H,11,12). The average Bonchev–Trinajstić information content (AvgIpc) is 2.04. The van der Waals surface area contributed by atoms with Gasteiger partial charge in [0.25, 0.3) is 0 Å². The Morgan fingerprint density at radius 2 is 2.38 bits per heavy atom. The molecule has 1 aromatic carbocycles. The van der Waals surface area contributed by atoms with E-state index >= 15 is 0 Å². The monoisotopic (exact) mass is 243 g/mol. The Bertz CT molecular complexity index is 301. The third-order valence-electron chi connectivity index (χ3n) is 1.38. The first-order valence-electron chi connectivity index (χ1n) is 3.79. The molecule has 0 heterocycles. The lowest BCUT2D eigenvalue weighted by molar-refractivity contribution is -0.114. The lowest BCUT2D eigenvalue weighted by Crippen LogP contribution is -2.05. The van der Waals surface area contributed by atoms with Gasteiger partial charge in [-0.05, 0) is 28.1 Å². The van der Waals surface area contributed by atoms with Gasteiger partial charge in [-0.15, -0.1) is 0 Å². The van der Waals surface area contributed by atoms with Crippen LogP contribution in [-0.4, -0.2) is 11.4 Å². The number of carbonyl (C=O) groups is 1. The van der Waals surface area contributed by atoms with Crippen LogP contribution in [-0.2, 0) is 4.79 Å². The van der Waals surface area contributed by atoms with E-state index in [-0.39, 0.29) is 5.91 Å². The van der Waals surface area contributed by atoms with Gasteiger partial charge < -0.3 is 10.1 Å². The molecule has 0 unspecified atom stereocenters. The van der Waals surface area contributed by atoms with E-state index in [2.05, 4.69) is 21.2 Å². The van der Waals surface area contributed by atoms with Gasteiger partial charge in [0.15, 0.2) is 0 Å². The van der Waals surface area contributed by atoms with Crippen molar-refractivity contribution in [3.05, 3.63) is 24.3 Å².